The van der Waals surface area contributed by atoms with E-state index in [2.05, 4.69) is 59.9 Å². The Morgan fingerprint density at radius 3 is 2.28 bits per heavy atom. The van der Waals surface area contributed by atoms with Crippen molar-refractivity contribution in [2.45, 2.75) is 11.2 Å². The Morgan fingerprint density at radius 2 is 1.67 bits per heavy atom. The summed E-state index contributed by atoms with van der Waals surface area (Å²) >= 11 is 10.6. The highest BCUT2D eigenvalue weighted by molar-refractivity contribution is 9.11. The number of hydrogen-bond acceptors (Lipinski definition) is 0. The molecule has 0 saturated carbocycles. The SMILES string of the molecule is Fc1cccc(CC(Br)c2cc(Br)cc(Br)c2)c1. The van der Waals surface area contributed by atoms with Gasteiger partial charge in [-0.3, -0.25) is 0 Å². The third kappa shape index (κ3) is 3.90. The number of rotatable bonds is 3. The zero-order chi connectivity index (χ0) is 13.1. The van der Waals surface area contributed by atoms with Crippen molar-refractivity contribution < 1.29 is 4.39 Å². The molecule has 0 aromatic heterocycles. The molecule has 1 atom stereocenters. The van der Waals surface area contributed by atoms with Gasteiger partial charge >= 0.3 is 0 Å². The summed E-state index contributed by atoms with van der Waals surface area (Å²) in [5.74, 6) is -0.192. The second-order valence-electron chi connectivity index (χ2n) is 4.00. The zero-order valence-corrected chi connectivity index (χ0v) is 14.1. The molecule has 0 heterocycles. The van der Waals surface area contributed by atoms with Gasteiger partial charge in [0, 0.05) is 13.8 Å². The molecule has 0 spiro atoms. The summed E-state index contributed by atoms with van der Waals surface area (Å²) < 4.78 is 15.2. The summed E-state index contributed by atoms with van der Waals surface area (Å²) in [5.41, 5.74) is 2.13. The van der Waals surface area contributed by atoms with Crippen LogP contribution in [0.3, 0.4) is 0 Å². The van der Waals surface area contributed by atoms with Gasteiger partial charge in [0.25, 0.3) is 0 Å². The quantitative estimate of drug-likeness (QED) is 0.515. The third-order valence-corrected chi connectivity index (χ3v) is 4.32. The summed E-state index contributed by atoms with van der Waals surface area (Å²) in [6.45, 7) is 0. The van der Waals surface area contributed by atoms with Crippen LogP contribution in [0.1, 0.15) is 16.0 Å². The van der Waals surface area contributed by atoms with Crippen molar-refractivity contribution >= 4 is 47.8 Å². The van der Waals surface area contributed by atoms with E-state index in [0.29, 0.717) is 0 Å². The maximum absolute atomic E-state index is 13.1. The van der Waals surface area contributed by atoms with Gasteiger partial charge in [-0.1, -0.05) is 59.9 Å². The van der Waals surface area contributed by atoms with Crippen molar-refractivity contribution in [3.05, 3.63) is 68.4 Å². The zero-order valence-electron chi connectivity index (χ0n) is 9.34. The lowest BCUT2D eigenvalue weighted by atomic mass is 10.0. The molecular formula is C14H10Br3F. The monoisotopic (exact) mass is 434 g/mol. The van der Waals surface area contributed by atoms with E-state index in [1.165, 1.54) is 6.07 Å². The summed E-state index contributed by atoms with van der Waals surface area (Å²) in [5, 5.41) is 0. The summed E-state index contributed by atoms with van der Waals surface area (Å²) in [6.07, 6.45) is 0.751. The Bertz CT molecular complexity index is 534. The van der Waals surface area contributed by atoms with Crippen LogP contribution in [-0.2, 0) is 6.42 Å². The first-order chi connectivity index (χ1) is 8.54. The predicted octanol–water partition coefficient (Wildman–Crippen LogP) is 6.03. The maximum atomic E-state index is 13.1. The minimum atomic E-state index is -0.192. The van der Waals surface area contributed by atoms with E-state index in [1.807, 2.05) is 12.1 Å². The van der Waals surface area contributed by atoms with E-state index in [4.69, 9.17) is 0 Å². The van der Waals surface area contributed by atoms with Crippen LogP contribution < -0.4 is 0 Å². The van der Waals surface area contributed by atoms with Crippen LogP contribution in [0.4, 0.5) is 4.39 Å². The molecule has 2 aromatic carbocycles. The lowest BCUT2D eigenvalue weighted by Crippen LogP contribution is -1.96. The number of hydrogen-bond donors (Lipinski definition) is 0. The average molecular weight is 437 g/mol. The standard InChI is InChI=1S/C14H10Br3F/c15-11-6-10(7-12(16)8-11)14(17)5-9-2-1-3-13(18)4-9/h1-4,6-8,14H,5H2. The second-order valence-corrected chi connectivity index (χ2v) is 6.94. The lowest BCUT2D eigenvalue weighted by Gasteiger charge is -2.11. The molecule has 0 saturated heterocycles. The number of alkyl halides is 1. The van der Waals surface area contributed by atoms with Gasteiger partial charge in [0.05, 0.1) is 0 Å². The molecule has 1 unspecified atom stereocenters. The fourth-order valence-corrected chi connectivity index (χ4v) is 3.71. The second kappa shape index (κ2) is 6.31. The van der Waals surface area contributed by atoms with Gasteiger partial charge in [0.1, 0.15) is 5.82 Å². The molecule has 18 heavy (non-hydrogen) atoms. The largest absolute Gasteiger partial charge is 0.207 e. The Balaban J connectivity index is 2.19. The third-order valence-electron chi connectivity index (χ3n) is 2.55. The first-order valence-electron chi connectivity index (χ1n) is 5.39. The molecule has 0 bridgehead atoms. The summed E-state index contributed by atoms with van der Waals surface area (Å²) in [7, 11) is 0. The molecular weight excluding hydrogens is 427 g/mol. The van der Waals surface area contributed by atoms with Crippen molar-refractivity contribution in [2.24, 2.45) is 0 Å². The number of benzene rings is 2. The summed E-state index contributed by atoms with van der Waals surface area (Å²) in [4.78, 5) is 0.160. The molecule has 0 aliphatic carbocycles. The molecule has 0 aliphatic heterocycles. The molecule has 0 nitrogen and oxygen atoms in total. The van der Waals surface area contributed by atoms with Crippen LogP contribution in [0.2, 0.25) is 0 Å². The van der Waals surface area contributed by atoms with E-state index in [9.17, 15) is 4.39 Å². The average Bonchev–Trinajstić information content (AvgIpc) is 2.27. The minimum Gasteiger partial charge on any atom is -0.207 e. The Hall–Kier alpha value is -0.190. The van der Waals surface area contributed by atoms with E-state index in [1.54, 1.807) is 12.1 Å². The van der Waals surface area contributed by atoms with Crippen molar-refractivity contribution in [3.8, 4) is 0 Å². The summed E-state index contributed by atoms with van der Waals surface area (Å²) in [6, 6.07) is 12.8. The first-order valence-corrected chi connectivity index (χ1v) is 7.89. The van der Waals surface area contributed by atoms with Crippen LogP contribution in [0.15, 0.2) is 51.4 Å². The van der Waals surface area contributed by atoms with E-state index in [-0.39, 0.29) is 10.6 Å². The normalized spacial score (nSPS) is 12.4. The predicted molar refractivity (Wildman–Crippen MR) is 83.6 cm³/mol. The van der Waals surface area contributed by atoms with Gasteiger partial charge in [-0.25, -0.2) is 4.39 Å². The van der Waals surface area contributed by atoms with Crippen LogP contribution in [0.5, 0.6) is 0 Å². The van der Waals surface area contributed by atoms with E-state index in [0.717, 1.165) is 26.5 Å². The van der Waals surface area contributed by atoms with Gasteiger partial charge in [-0.05, 0) is 47.9 Å². The Morgan fingerprint density at radius 1 is 1.00 bits per heavy atom. The van der Waals surface area contributed by atoms with Crippen molar-refractivity contribution in [1.29, 1.82) is 0 Å². The van der Waals surface area contributed by atoms with E-state index >= 15 is 0 Å². The smallest absolute Gasteiger partial charge is 0.123 e. The highest BCUT2D eigenvalue weighted by Gasteiger charge is 2.10. The molecule has 4 heteroatoms. The van der Waals surface area contributed by atoms with Crippen molar-refractivity contribution in [3.63, 3.8) is 0 Å². The van der Waals surface area contributed by atoms with Gasteiger partial charge in [0.15, 0.2) is 0 Å². The van der Waals surface area contributed by atoms with Crippen LogP contribution >= 0.6 is 47.8 Å². The molecule has 94 valence electrons. The fraction of sp³-hybridized carbons (Fsp3) is 0.143. The van der Waals surface area contributed by atoms with Crippen molar-refractivity contribution in [2.75, 3.05) is 0 Å². The van der Waals surface area contributed by atoms with Crippen LogP contribution in [0, 0.1) is 5.82 Å². The Labute approximate surface area is 131 Å². The van der Waals surface area contributed by atoms with Gasteiger partial charge in [0.2, 0.25) is 0 Å². The van der Waals surface area contributed by atoms with Crippen molar-refractivity contribution in [1.82, 2.24) is 0 Å². The minimum absolute atomic E-state index is 0.160. The lowest BCUT2D eigenvalue weighted by molar-refractivity contribution is 0.625. The molecule has 0 N–H and O–H groups in total. The van der Waals surface area contributed by atoms with Gasteiger partial charge < -0.3 is 0 Å². The molecule has 2 rings (SSSR count). The topological polar surface area (TPSA) is 0 Å². The maximum Gasteiger partial charge on any atom is 0.123 e. The molecule has 0 aliphatic rings. The van der Waals surface area contributed by atoms with Crippen LogP contribution in [0.25, 0.3) is 0 Å². The highest BCUT2D eigenvalue weighted by atomic mass is 79.9. The Kier molecular flexibility index (Phi) is 4.98. The highest BCUT2D eigenvalue weighted by Crippen LogP contribution is 2.31. The van der Waals surface area contributed by atoms with Gasteiger partial charge in [-0.15, -0.1) is 0 Å². The van der Waals surface area contributed by atoms with Crippen LogP contribution in [-0.4, -0.2) is 0 Å². The number of halogens is 4. The van der Waals surface area contributed by atoms with E-state index < -0.39 is 0 Å². The molecule has 0 amide bonds. The molecule has 0 fully saturated rings. The molecule has 2 aromatic rings. The van der Waals surface area contributed by atoms with Gasteiger partial charge in [-0.2, -0.15) is 0 Å². The fourth-order valence-electron chi connectivity index (χ4n) is 1.74. The first kappa shape index (κ1) is 14.2. The molecule has 0 radical (unpaired) electrons.